The molecular formula is C32H38NO4PS2. The van der Waals surface area contributed by atoms with Gasteiger partial charge in [-0.1, -0.05) is 105 Å². The van der Waals surface area contributed by atoms with E-state index in [0.717, 1.165) is 82.9 Å². The zero-order chi connectivity index (χ0) is 28.2. The van der Waals surface area contributed by atoms with Crippen molar-refractivity contribution in [1.82, 2.24) is 0 Å². The van der Waals surface area contributed by atoms with Crippen LogP contribution < -0.4 is 4.90 Å². The van der Waals surface area contributed by atoms with Crippen molar-refractivity contribution in [2.45, 2.75) is 57.8 Å². The van der Waals surface area contributed by atoms with Crippen LogP contribution >= 0.6 is 19.7 Å². The molecule has 1 heterocycles. The molecule has 0 N–H and O–H groups in total. The molecule has 1 unspecified atom stereocenters. The summed E-state index contributed by atoms with van der Waals surface area (Å²) in [7, 11) is -2.71. The summed E-state index contributed by atoms with van der Waals surface area (Å²) < 4.78 is 40.0. The van der Waals surface area contributed by atoms with Crippen LogP contribution in [0.4, 0.5) is 17.1 Å². The lowest BCUT2D eigenvalue weighted by Gasteiger charge is -2.35. The normalized spacial score (nSPS) is 13.1. The molecule has 0 amide bonds. The first-order valence-corrected chi connectivity index (χ1v) is 17.7. The number of hydrogen-bond donors (Lipinski definition) is 0. The molecule has 1 aliphatic rings. The van der Waals surface area contributed by atoms with Crippen LogP contribution in [0.3, 0.4) is 0 Å². The Labute approximate surface area is 246 Å². The Morgan fingerprint density at radius 1 is 0.750 bits per heavy atom. The van der Waals surface area contributed by atoms with E-state index in [9.17, 15) is 13.7 Å². The van der Waals surface area contributed by atoms with Gasteiger partial charge in [0.05, 0.1) is 23.6 Å². The minimum absolute atomic E-state index is 0.298. The Morgan fingerprint density at radius 3 is 1.80 bits per heavy atom. The fraction of sp³-hybridized carbons (Fsp3) is 0.375. The lowest BCUT2D eigenvalue weighted by molar-refractivity contribution is 0.294. The SMILES string of the molecule is CSC(=C1c2ccccc2N(c2ccccc2)c2ccccc21)[S+]([O-])CCCCCCCCCCCOP(=O)=O. The van der Waals surface area contributed by atoms with E-state index < -0.39 is 19.1 Å². The van der Waals surface area contributed by atoms with Gasteiger partial charge in [0.15, 0.2) is 4.24 Å². The molecule has 0 aromatic heterocycles. The van der Waals surface area contributed by atoms with Gasteiger partial charge in [-0.05, 0) is 61.0 Å². The Hall–Kier alpha value is -2.28. The summed E-state index contributed by atoms with van der Waals surface area (Å²) in [5, 5.41) is 0. The van der Waals surface area contributed by atoms with Gasteiger partial charge in [0.25, 0.3) is 0 Å². The third kappa shape index (κ3) is 8.14. The van der Waals surface area contributed by atoms with E-state index in [2.05, 4.69) is 82.2 Å². The number of para-hydroxylation sites is 3. The first kappa shape index (κ1) is 30.7. The highest BCUT2D eigenvalue weighted by molar-refractivity contribution is 8.18. The monoisotopic (exact) mass is 595 g/mol. The maximum absolute atomic E-state index is 13.7. The van der Waals surface area contributed by atoms with Crippen LogP contribution in [0.1, 0.15) is 68.9 Å². The minimum Gasteiger partial charge on any atom is -0.611 e. The second-order valence-electron chi connectivity index (χ2n) is 9.86. The second-order valence-corrected chi connectivity index (χ2v) is 13.1. The number of thioether (sulfide) groups is 1. The van der Waals surface area contributed by atoms with Crippen molar-refractivity contribution in [1.29, 1.82) is 0 Å². The summed E-state index contributed by atoms with van der Waals surface area (Å²) in [5.74, 6) is 0.675. The van der Waals surface area contributed by atoms with Gasteiger partial charge < -0.3 is 9.45 Å². The largest absolute Gasteiger partial charge is 0.611 e. The van der Waals surface area contributed by atoms with Crippen molar-refractivity contribution < 1.29 is 18.2 Å². The van der Waals surface area contributed by atoms with Crippen LogP contribution in [0, 0.1) is 0 Å². The number of benzene rings is 3. The average molecular weight is 596 g/mol. The van der Waals surface area contributed by atoms with Gasteiger partial charge in [-0.25, -0.2) is 9.13 Å². The van der Waals surface area contributed by atoms with Crippen LogP contribution in [0.25, 0.3) is 5.57 Å². The molecule has 0 saturated heterocycles. The fourth-order valence-corrected chi connectivity index (χ4v) is 8.02. The quantitative estimate of drug-likeness (QED) is 0.0729. The highest BCUT2D eigenvalue weighted by Crippen LogP contribution is 2.51. The number of anilines is 3. The van der Waals surface area contributed by atoms with Gasteiger partial charge in [-0.2, -0.15) is 0 Å². The lowest BCUT2D eigenvalue weighted by Crippen LogP contribution is -2.20. The zero-order valence-corrected chi connectivity index (χ0v) is 25.7. The van der Waals surface area contributed by atoms with Crippen molar-refractivity contribution >= 4 is 53.5 Å². The summed E-state index contributed by atoms with van der Waals surface area (Å²) in [6, 6.07) is 27.3. The molecule has 0 aliphatic carbocycles. The van der Waals surface area contributed by atoms with Gasteiger partial charge in [0, 0.05) is 16.8 Å². The minimum atomic E-state index is -2.71. The molecular weight excluding hydrogens is 557 g/mol. The number of hydrogen-bond acceptors (Lipinski definition) is 6. The molecule has 0 bridgehead atoms. The highest BCUT2D eigenvalue weighted by atomic mass is 32.3. The van der Waals surface area contributed by atoms with E-state index in [4.69, 9.17) is 0 Å². The molecule has 212 valence electrons. The van der Waals surface area contributed by atoms with Gasteiger partial charge in [0.1, 0.15) is 5.75 Å². The van der Waals surface area contributed by atoms with Crippen molar-refractivity contribution in [2.24, 2.45) is 0 Å². The molecule has 0 fully saturated rings. The van der Waals surface area contributed by atoms with Crippen LogP contribution in [-0.2, 0) is 24.8 Å². The van der Waals surface area contributed by atoms with Gasteiger partial charge >= 0.3 is 7.91 Å². The van der Waals surface area contributed by atoms with Crippen LogP contribution in [-0.4, -0.2) is 23.2 Å². The van der Waals surface area contributed by atoms with E-state index in [-0.39, 0.29) is 0 Å². The first-order valence-electron chi connectivity index (χ1n) is 14.1. The van der Waals surface area contributed by atoms with Gasteiger partial charge in [-0.3, -0.25) is 4.52 Å². The van der Waals surface area contributed by atoms with E-state index in [1.165, 1.54) is 12.8 Å². The van der Waals surface area contributed by atoms with E-state index in [1.807, 2.05) is 12.3 Å². The molecule has 1 atom stereocenters. The Bertz CT molecular complexity index is 1270. The van der Waals surface area contributed by atoms with Crippen molar-refractivity contribution in [3.63, 3.8) is 0 Å². The third-order valence-electron chi connectivity index (χ3n) is 7.11. The fourth-order valence-electron chi connectivity index (χ4n) is 5.22. The Balaban J connectivity index is 1.38. The highest BCUT2D eigenvalue weighted by Gasteiger charge is 2.32. The number of fused-ring (bicyclic) bond motifs is 2. The van der Waals surface area contributed by atoms with E-state index in [0.29, 0.717) is 12.4 Å². The molecule has 3 aromatic carbocycles. The molecule has 4 rings (SSSR count). The van der Waals surface area contributed by atoms with Crippen LogP contribution in [0.15, 0.2) is 83.1 Å². The van der Waals surface area contributed by atoms with Crippen LogP contribution in [0.5, 0.6) is 0 Å². The summed E-state index contributed by atoms with van der Waals surface area (Å²) in [6.45, 7) is 0.298. The van der Waals surface area contributed by atoms with Crippen molar-refractivity contribution in [3.8, 4) is 0 Å². The first-order chi connectivity index (χ1) is 19.6. The van der Waals surface area contributed by atoms with Gasteiger partial charge in [-0.15, -0.1) is 0 Å². The van der Waals surface area contributed by atoms with E-state index >= 15 is 0 Å². The molecule has 1 aliphatic heterocycles. The topological polar surface area (TPSA) is 69.7 Å². The third-order valence-corrected chi connectivity index (χ3v) is 10.4. The average Bonchev–Trinajstić information content (AvgIpc) is 2.98. The lowest BCUT2D eigenvalue weighted by atomic mass is 9.91. The van der Waals surface area contributed by atoms with Gasteiger partial charge in [0.2, 0.25) is 0 Å². The smallest absolute Gasteiger partial charge is 0.468 e. The molecule has 5 nitrogen and oxygen atoms in total. The number of unbranched alkanes of at least 4 members (excludes halogenated alkanes) is 8. The van der Waals surface area contributed by atoms with Crippen molar-refractivity contribution in [3.05, 3.63) is 94.2 Å². The van der Waals surface area contributed by atoms with Crippen LogP contribution in [0.2, 0.25) is 0 Å². The second kappa shape index (κ2) is 16.2. The summed E-state index contributed by atoms with van der Waals surface area (Å²) in [6.07, 6.45) is 11.7. The zero-order valence-electron chi connectivity index (χ0n) is 23.1. The number of rotatable bonds is 16. The summed E-state index contributed by atoms with van der Waals surface area (Å²) in [4.78, 5) is 2.30. The maximum atomic E-state index is 13.7. The summed E-state index contributed by atoms with van der Waals surface area (Å²) >= 11 is 0.538. The predicted octanol–water partition coefficient (Wildman–Crippen LogP) is 9.91. The maximum Gasteiger partial charge on any atom is 0.468 e. The predicted molar refractivity (Wildman–Crippen MR) is 169 cm³/mol. The Morgan fingerprint density at radius 2 is 1.25 bits per heavy atom. The van der Waals surface area contributed by atoms with Crippen molar-refractivity contribution in [2.75, 3.05) is 23.5 Å². The molecule has 8 heteroatoms. The molecule has 0 spiro atoms. The molecule has 3 aromatic rings. The molecule has 0 saturated carbocycles. The standard InChI is InChI=1S/C32H38NO4PS2/c1-39-32(40(36)25-17-8-6-4-2-3-5-7-16-24-37-38(34)35)31-27-20-12-14-22-29(27)33(26-18-10-9-11-19-26)30-23-15-13-21-28(30)31/h9-15,18-23H,2-8,16-17,24-25H2,1H3. The van der Waals surface area contributed by atoms with E-state index in [1.54, 1.807) is 11.8 Å². The summed E-state index contributed by atoms with van der Waals surface area (Å²) in [5.41, 5.74) is 6.67. The Kier molecular flexibility index (Phi) is 12.4. The number of nitrogens with zero attached hydrogens (tertiary/aromatic N) is 1. The molecule has 0 radical (unpaired) electrons. The molecule has 40 heavy (non-hydrogen) atoms.